The van der Waals surface area contributed by atoms with Crippen LogP contribution in [0.1, 0.15) is 31.0 Å². The fraction of sp³-hybridized carbons (Fsp3) is 0.394. The van der Waals surface area contributed by atoms with E-state index in [9.17, 15) is 29.4 Å². The minimum Gasteiger partial charge on any atom is -0.508 e. The number of thioether (sulfide) groups is 1. The molecule has 3 aliphatic rings. The number of nitrogens with one attached hydrogen (secondary N) is 1. The predicted molar refractivity (Wildman–Crippen MR) is 175 cm³/mol. The fourth-order valence-corrected chi connectivity index (χ4v) is 8.19. The number of likely N-dealkylation sites (N-methyl/N-ethyl adjacent to an activating group) is 1. The lowest BCUT2D eigenvalue weighted by atomic mass is 9.94. The average molecular weight is 647 g/mol. The number of carboxylic acid groups (broad SMARTS) is 1. The number of aromatic hydroxyl groups is 1. The quantitative estimate of drug-likeness (QED) is 0.267. The number of carbonyl (C=O) groups is 3. The van der Waals surface area contributed by atoms with Crippen molar-refractivity contribution in [3.63, 3.8) is 0 Å². The van der Waals surface area contributed by atoms with Gasteiger partial charge in [-0.15, -0.1) is 11.8 Å². The Morgan fingerprint density at radius 3 is 2.28 bits per heavy atom. The molecular formula is C33H38N6O6S. The minimum atomic E-state index is -1.19. The molecule has 2 amide bonds. The summed E-state index contributed by atoms with van der Waals surface area (Å²) in [6, 6.07) is 14.0. The van der Waals surface area contributed by atoms with Gasteiger partial charge in [0.05, 0.1) is 6.54 Å². The van der Waals surface area contributed by atoms with Crippen molar-refractivity contribution >= 4 is 35.2 Å². The number of H-pyrrole nitrogens is 1. The predicted octanol–water partition coefficient (Wildman–Crippen LogP) is 2.04. The maximum Gasteiger partial charge on any atom is 0.327 e. The van der Waals surface area contributed by atoms with E-state index < -0.39 is 51.6 Å². The molecule has 4 atom stereocenters. The van der Waals surface area contributed by atoms with Gasteiger partial charge >= 0.3 is 5.97 Å². The van der Waals surface area contributed by atoms with Gasteiger partial charge in [-0.3, -0.25) is 14.4 Å². The number of carboxylic acids is 1. The van der Waals surface area contributed by atoms with E-state index in [4.69, 9.17) is 5.73 Å². The summed E-state index contributed by atoms with van der Waals surface area (Å²) < 4.78 is -0.798. The van der Waals surface area contributed by atoms with Gasteiger partial charge in [0.15, 0.2) is 0 Å². The molecular weight excluding hydrogens is 608 g/mol. The Labute approximate surface area is 270 Å². The summed E-state index contributed by atoms with van der Waals surface area (Å²) in [5.74, 6) is -2.21. The van der Waals surface area contributed by atoms with Crippen molar-refractivity contribution in [3.05, 3.63) is 82.1 Å². The van der Waals surface area contributed by atoms with Crippen molar-refractivity contribution in [2.75, 3.05) is 38.1 Å². The second-order valence-corrected chi connectivity index (χ2v) is 14.4. The maximum atomic E-state index is 14.0. The zero-order valence-corrected chi connectivity index (χ0v) is 26.7. The number of piperazine rings is 1. The highest BCUT2D eigenvalue weighted by Crippen LogP contribution is 2.52. The van der Waals surface area contributed by atoms with Crippen LogP contribution in [0.4, 0.5) is 5.69 Å². The topological polar surface area (TPSA) is 164 Å². The lowest BCUT2D eigenvalue weighted by Gasteiger charge is -2.48. The van der Waals surface area contributed by atoms with Crippen molar-refractivity contribution in [2.45, 2.75) is 48.6 Å². The fourth-order valence-electron chi connectivity index (χ4n) is 6.49. The Hall–Kier alpha value is -4.33. The van der Waals surface area contributed by atoms with Crippen molar-refractivity contribution < 1.29 is 24.6 Å². The number of phenols is 1. The van der Waals surface area contributed by atoms with Crippen molar-refractivity contribution in [2.24, 2.45) is 5.73 Å². The summed E-state index contributed by atoms with van der Waals surface area (Å²) in [7, 11) is 2.11. The summed E-state index contributed by atoms with van der Waals surface area (Å²) in [5.41, 5.74) is 9.22. The summed E-state index contributed by atoms with van der Waals surface area (Å²) in [4.78, 5) is 63.2. The number of pyridine rings is 1. The number of anilines is 1. The normalized spacial score (nSPS) is 23.0. The molecule has 46 heavy (non-hydrogen) atoms. The van der Waals surface area contributed by atoms with Gasteiger partial charge in [0, 0.05) is 47.9 Å². The van der Waals surface area contributed by atoms with Gasteiger partial charge in [0.2, 0.25) is 11.8 Å². The lowest BCUT2D eigenvalue weighted by molar-refractivity contribution is -0.169. The molecule has 0 spiro atoms. The van der Waals surface area contributed by atoms with Gasteiger partial charge < -0.3 is 40.5 Å². The smallest absolute Gasteiger partial charge is 0.327 e. The molecule has 13 heteroatoms. The molecule has 0 aliphatic carbocycles. The molecule has 2 aromatic carbocycles. The number of rotatable bonds is 8. The third kappa shape index (κ3) is 5.74. The molecule has 3 fully saturated rings. The van der Waals surface area contributed by atoms with Gasteiger partial charge in [-0.05, 0) is 68.4 Å². The molecule has 3 aromatic rings. The molecule has 0 bridgehead atoms. The number of aliphatic carboxylic acids is 1. The molecule has 3 saturated heterocycles. The van der Waals surface area contributed by atoms with Crippen LogP contribution >= 0.6 is 11.8 Å². The number of carbonyl (C=O) groups excluding carboxylic acids is 2. The van der Waals surface area contributed by atoms with Crippen LogP contribution in [0.2, 0.25) is 0 Å². The number of aromatic nitrogens is 1. The van der Waals surface area contributed by atoms with Gasteiger partial charge in [0.25, 0.3) is 5.56 Å². The highest BCUT2D eigenvalue weighted by molar-refractivity contribution is 8.01. The standard InChI is InChI=1S/C33H38N6O6S/c1-33(2)27(32(44)45)39-30(43)26(31(39)46-33)38(29(42)25(34)20-6-11-23(40)12-7-20)18-21-8-13-24(35-28(21)41)19-4-9-22(10-5-19)37-16-14-36(3)15-17-37/h4-13,25-27,31,40H,14-18,34H2,1-3H3,(H,35,41)(H,44,45)/t25?,26-,27+,31-/m1/s1. The van der Waals surface area contributed by atoms with E-state index in [0.717, 1.165) is 37.4 Å². The first-order valence-corrected chi connectivity index (χ1v) is 16.1. The van der Waals surface area contributed by atoms with Crippen molar-refractivity contribution in [1.29, 1.82) is 0 Å². The number of hydrogen-bond donors (Lipinski definition) is 4. The molecule has 3 aliphatic heterocycles. The number of amides is 2. The van der Waals surface area contributed by atoms with Crippen LogP contribution in [0.5, 0.6) is 5.75 Å². The number of nitrogens with zero attached hydrogens (tertiary/aromatic N) is 4. The highest BCUT2D eigenvalue weighted by Gasteiger charge is 2.66. The first-order valence-electron chi connectivity index (χ1n) is 15.2. The molecule has 12 nitrogen and oxygen atoms in total. The third-order valence-corrected chi connectivity index (χ3v) is 10.7. The van der Waals surface area contributed by atoms with Crippen LogP contribution in [-0.4, -0.2) is 103 Å². The first-order chi connectivity index (χ1) is 21.9. The first kappa shape index (κ1) is 31.6. The lowest BCUT2D eigenvalue weighted by Crippen LogP contribution is -2.71. The molecule has 5 N–H and O–H groups in total. The summed E-state index contributed by atoms with van der Waals surface area (Å²) >= 11 is 1.31. The van der Waals surface area contributed by atoms with E-state index in [1.165, 1.54) is 45.8 Å². The van der Waals surface area contributed by atoms with Crippen molar-refractivity contribution in [1.82, 2.24) is 19.7 Å². The summed E-state index contributed by atoms with van der Waals surface area (Å²) in [5, 5.41) is 19.0. The number of β-lactam (4-membered cyclic amide) rings is 1. The number of hydrogen-bond acceptors (Lipinski definition) is 9. The summed E-state index contributed by atoms with van der Waals surface area (Å²) in [6.07, 6.45) is 0. The largest absolute Gasteiger partial charge is 0.508 e. The van der Waals surface area contributed by atoms with Gasteiger partial charge in [0.1, 0.15) is 29.2 Å². The van der Waals surface area contributed by atoms with Crippen LogP contribution in [0, 0.1) is 0 Å². The zero-order valence-electron chi connectivity index (χ0n) is 25.9. The van der Waals surface area contributed by atoms with Crippen LogP contribution < -0.4 is 16.2 Å². The van der Waals surface area contributed by atoms with Crippen LogP contribution in [0.3, 0.4) is 0 Å². The second kappa shape index (κ2) is 12.1. The summed E-state index contributed by atoms with van der Waals surface area (Å²) in [6.45, 7) is 7.20. The molecule has 0 saturated carbocycles. The Balaban J connectivity index is 1.27. The minimum absolute atomic E-state index is 0.00922. The number of benzene rings is 2. The molecule has 6 rings (SSSR count). The number of phenolic OH excluding ortho intramolecular Hbond substituents is 1. The third-order valence-electron chi connectivity index (χ3n) is 9.16. The number of fused-ring (bicyclic) bond motifs is 1. The Morgan fingerprint density at radius 1 is 1.02 bits per heavy atom. The van der Waals surface area contributed by atoms with E-state index in [1.807, 2.05) is 24.3 Å². The van der Waals surface area contributed by atoms with E-state index in [2.05, 4.69) is 21.8 Å². The molecule has 0 radical (unpaired) electrons. The van der Waals surface area contributed by atoms with Crippen molar-refractivity contribution in [3.8, 4) is 17.0 Å². The SMILES string of the molecule is CN1CCN(c2ccc(-c3ccc(CN(C(=O)C(N)c4ccc(O)cc4)[C@@H]4C(=O)N5[C@@H]4SC(C)(C)[C@@H]5C(=O)O)c(=O)[nH]3)cc2)CC1. The van der Waals surface area contributed by atoms with Gasteiger partial charge in [-0.2, -0.15) is 0 Å². The molecule has 1 aromatic heterocycles. The highest BCUT2D eigenvalue weighted by atomic mass is 32.2. The van der Waals surface area contributed by atoms with E-state index in [0.29, 0.717) is 11.3 Å². The van der Waals surface area contributed by atoms with E-state index in [1.54, 1.807) is 26.0 Å². The Kier molecular flexibility index (Phi) is 8.34. The maximum absolute atomic E-state index is 14.0. The van der Waals surface area contributed by atoms with Crippen LogP contribution in [0.25, 0.3) is 11.3 Å². The molecule has 4 heterocycles. The average Bonchev–Trinajstić information content (AvgIpc) is 3.28. The Bertz CT molecular complexity index is 1700. The number of aromatic amines is 1. The molecule has 1 unspecified atom stereocenters. The van der Waals surface area contributed by atoms with E-state index >= 15 is 0 Å². The second-order valence-electron chi connectivity index (χ2n) is 12.6. The molecule has 242 valence electrons. The zero-order chi connectivity index (χ0) is 32.9. The Morgan fingerprint density at radius 2 is 1.67 bits per heavy atom. The van der Waals surface area contributed by atoms with Crippen LogP contribution in [0.15, 0.2) is 65.5 Å². The van der Waals surface area contributed by atoms with Gasteiger partial charge in [-0.1, -0.05) is 24.3 Å². The van der Waals surface area contributed by atoms with Gasteiger partial charge in [-0.25, -0.2) is 4.79 Å². The van der Waals surface area contributed by atoms with Crippen LogP contribution in [-0.2, 0) is 20.9 Å². The number of nitrogens with two attached hydrogens (primary N) is 1. The monoisotopic (exact) mass is 646 g/mol. The van der Waals surface area contributed by atoms with E-state index in [-0.39, 0.29) is 17.9 Å².